The van der Waals surface area contributed by atoms with Crippen LogP contribution < -0.4 is 10.3 Å². The van der Waals surface area contributed by atoms with Crippen molar-refractivity contribution in [3.05, 3.63) is 29.0 Å². The molecule has 0 spiro atoms. The second-order valence-electron chi connectivity index (χ2n) is 3.83. The third-order valence-electron chi connectivity index (χ3n) is 2.03. The number of nitrogens with one attached hydrogen (secondary N) is 2. The molecule has 2 N–H and O–H groups in total. The van der Waals surface area contributed by atoms with Crippen molar-refractivity contribution in [2.75, 3.05) is 0 Å². The number of carbonyl (C=O) groups excluding carboxylic acids is 1. The lowest BCUT2D eigenvalue weighted by molar-refractivity contribution is -0.124. The molecular weight excluding hydrogens is 283 g/mol. The van der Waals surface area contributed by atoms with Crippen molar-refractivity contribution in [2.24, 2.45) is 5.92 Å². The number of carbonyl (C=O) groups is 1. The van der Waals surface area contributed by atoms with Gasteiger partial charge in [0.05, 0.1) is 9.92 Å². The Morgan fingerprint density at radius 1 is 1.39 bits per heavy atom. The van der Waals surface area contributed by atoms with Gasteiger partial charge < -0.3 is 0 Å². The Bertz CT molecular complexity index is 560. The molecular formula is C10H12ClFN2O3S. The lowest BCUT2D eigenvalue weighted by Gasteiger charge is -2.10. The minimum atomic E-state index is -3.96. The number of rotatable bonds is 4. The van der Waals surface area contributed by atoms with Crippen molar-refractivity contribution in [3.63, 3.8) is 0 Å². The zero-order valence-corrected chi connectivity index (χ0v) is 11.3. The number of hydrogen-bond donors (Lipinski definition) is 2. The summed E-state index contributed by atoms with van der Waals surface area (Å²) in [4.78, 5) is 12.9. The highest BCUT2D eigenvalue weighted by atomic mass is 35.5. The first-order valence-corrected chi connectivity index (χ1v) is 6.87. The Morgan fingerprint density at radius 3 is 2.50 bits per heavy atom. The molecule has 0 heterocycles. The minimum Gasteiger partial charge on any atom is -0.277 e. The summed E-state index contributed by atoms with van der Waals surface area (Å²) in [5.41, 5.74) is 2.04. The van der Waals surface area contributed by atoms with E-state index in [4.69, 9.17) is 11.6 Å². The molecule has 0 unspecified atom stereocenters. The number of sulfonamides is 1. The highest BCUT2D eigenvalue weighted by molar-refractivity contribution is 7.89. The highest BCUT2D eigenvalue weighted by Crippen LogP contribution is 2.18. The Morgan fingerprint density at radius 2 is 2.00 bits per heavy atom. The van der Waals surface area contributed by atoms with E-state index in [1.807, 2.05) is 10.3 Å². The normalized spacial score (nSPS) is 11.6. The maximum atomic E-state index is 12.9. The third-order valence-corrected chi connectivity index (χ3v) is 3.57. The standard InChI is InChI=1S/C10H12ClFN2O3S/c1-6(2)10(15)13-14-18(16,17)7-3-4-9(12)8(11)5-7/h3-6,14H,1-2H3,(H,13,15). The zero-order valence-electron chi connectivity index (χ0n) is 9.70. The first-order valence-electron chi connectivity index (χ1n) is 5.01. The van der Waals surface area contributed by atoms with Gasteiger partial charge >= 0.3 is 0 Å². The van der Waals surface area contributed by atoms with E-state index in [0.717, 1.165) is 18.2 Å². The second-order valence-corrected chi connectivity index (χ2v) is 5.91. The largest absolute Gasteiger partial charge is 0.277 e. The van der Waals surface area contributed by atoms with Crippen LogP contribution in [0.2, 0.25) is 5.02 Å². The molecule has 0 saturated heterocycles. The van der Waals surface area contributed by atoms with Gasteiger partial charge in [-0.25, -0.2) is 12.8 Å². The van der Waals surface area contributed by atoms with E-state index in [1.54, 1.807) is 13.8 Å². The van der Waals surface area contributed by atoms with Gasteiger partial charge in [-0.05, 0) is 18.2 Å². The number of benzene rings is 1. The van der Waals surface area contributed by atoms with Gasteiger partial charge in [-0.3, -0.25) is 10.2 Å². The van der Waals surface area contributed by atoms with Crippen LogP contribution in [-0.2, 0) is 14.8 Å². The predicted octanol–water partition coefficient (Wildman–Crippen LogP) is 1.44. The van der Waals surface area contributed by atoms with Gasteiger partial charge in [0.25, 0.3) is 10.0 Å². The summed E-state index contributed by atoms with van der Waals surface area (Å²) in [6, 6.07) is 2.94. The number of amides is 1. The summed E-state index contributed by atoms with van der Waals surface area (Å²) in [7, 11) is -3.96. The maximum Gasteiger partial charge on any atom is 0.257 e. The Labute approximate surface area is 109 Å². The van der Waals surface area contributed by atoms with Gasteiger partial charge in [0.15, 0.2) is 0 Å². The summed E-state index contributed by atoms with van der Waals surface area (Å²) >= 11 is 5.48. The van der Waals surface area contributed by atoms with E-state index in [-0.39, 0.29) is 15.8 Å². The topological polar surface area (TPSA) is 75.3 Å². The first kappa shape index (κ1) is 14.9. The summed E-state index contributed by atoms with van der Waals surface area (Å²) < 4.78 is 36.3. The van der Waals surface area contributed by atoms with Crippen molar-refractivity contribution in [2.45, 2.75) is 18.7 Å². The first-order chi connectivity index (χ1) is 8.24. The lowest BCUT2D eigenvalue weighted by Crippen LogP contribution is -2.43. The SMILES string of the molecule is CC(C)C(=O)NNS(=O)(=O)c1ccc(F)c(Cl)c1. The maximum absolute atomic E-state index is 12.9. The van der Waals surface area contributed by atoms with Crippen LogP contribution in [0, 0.1) is 11.7 Å². The molecule has 0 aliphatic heterocycles. The molecule has 0 atom stereocenters. The van der Waals surface area contributed by atoms with Gasteiger partial charge in [-0.15, -0.1) is 4.83 Å². The molecule has 1 rings (SSSR count). The van der Waals surface area contributed by atoms with E-state index in [2.05, 4.69) is 0 Å². The average molecular weight is 295 g/mol. The summed E-state index contributed by atoms with van der Waals surface area (Å²) in [6.07, 6.45) is 0. The van der Waals surface area contributed by atoms with Gasteiger partial charge in [0.1, 0.15) is 5.82 Å². The highest BCUT2D eigenvalue weighted by Gasteiger charge is 2.17. The van der Waals surface area contributed by atoms with Crippen molar-refractivity contribution < 1.29 is 17.6 Å². The van der Waals surface area contributed by atoms with Crippen LogP contribution in [0.4, 0.5) is 4.39 Å². The molecule has 1 amide bonds. The molecule has 1 aromatic carbocycles. The molecule has 5 nitrogen and oxygen atoms in total. The van der Waals surface area contributed by atoms with E-state index in [0.29, 0.717) is 0 Å². The molecule has 0 fully saturated rings. The fraction of sp³-hybridized carbons (Fsp3) is 0.300. The van der Waals surface area contributed by atoms with E-state index >= 15 is 0 Å². The van der Waals surface area contributed by atoms with Crippen LogP contribution in [0.15, 0.2) is 23.1 Å². The van der Waals surface area contributed by atoms with E-state index < -0.39 is 21.7 Å². The average Bonchev–Trinajstić information content (AvgIpc) is 2.29. The predicted molar refractivity (Wildman–Crippen MR) is 64.7 cm³/mol. The van der Waals surface area contributed by atoms with Crippen molar-refractivity contribution in [1.82, 2.24) is 10.3 Å². The summed E-state index contributed by atoms with van der Waals surface area (Å²) in [5, 5.41) is -0.312. The second kappa shape index (κ2) is 5.64. The molecule has 0 aromatic heterocycles. The van der Waals surface area contributed by atoms with Crippen LogP contribution in [0.5, 0.6) is 0 Å². The lowest BCUT2D eigenvalue weighted by atomic mass is 10.2. The van der Waals surface area contributed by atoms with Crippen molar-refractivity contribution in [3.8, 4) is 0 Å². The van der Waals surface area contributed by atoms with Crippen LogP contribution in [0.3, 0.4) is 0 Å². The molecule has 0 bridgehead atoms. The van der Waals surface area contributed by atoms with Gasteiger partial charge in [-0.1, -0.05) is 25.4 Å². The molecule has 1 aromatic rings. The van der Waals surface area contributed by atoms with Crippen molar-refractivity contribution >= 4 is 27.5 Å². The number of hydrogen-bond acceptors (Lipinski definition) is 3. The van der Waals surface area contributed by atoms with Gasteiger partial charge in [0.2, 0.25) is 5.91 Å². The summed E-state index contributed by atoms with van der Waals surface area (Å²) in [5.74, 6) is -1.57. The minimum absolute atomic E-state index is 0.238. The Hall–Kier alpha value is -1.18. The third kappa shape index (κ3) is 3.66. The Kier molecular flexibility index (Phi) is 4.66. The molecule has 0 aliphatic rings. The van der Waals surface area contributed by atoms with Gasteiger partial charge in [-0.2, -0.15) is 0 Å². The monoisotopic (exact) mass is 294 g/mol. The quantitative estimate of drug-likeness (QED) is 0.825. The van der Waals surface area contributed by atoms with Crippen LogP contribution in [0.25, 0.3) is 0 Å². The fourth-order valence-electron chi connectivity index (χ4n) is 0.965. The van der Waals surface area contributed by atoms with E-state index in [1.165, 1.54) is 0 Å². The molecule has 0 radical (unpaired) electrons. The van der Waals surface area contributed by atoms with Crippen molar-refractivity contribution in [1.29, 1.82) is 0 Å². The molecule has 100 valence electrons. The molecule has 18 heavy (non-hydrogen) atoms. The number of halogens is 2. The van der Waals surface area contributed by atoms with Crippen LogP contribution in [-0.4, -0.2) is 14.3 Å². The molecule has 0 aliphatic carbocycles. The van der Waals surface area contributed by atoms with E-state index in [9.17, 15) is 17.6 Å². The van der Waals surface area contributed by atoms with Gasteiger partial charge in [0, 0.05) is 5.92 Å². The molecule has 8 heteroatoms. The fourth-order valence-corrected chi connectivity index (χ4v) is 2.08. The number of hydrazine groups is 1. The molecule has 0 saturated carbocycles. The summed E-state index contributed by atoms with van der Waals surface area (Å²) in [6.45, 7) is 3.22. The zero-order chi connectivity index (χ0) is 13.9. The Balaban J connectivity index is 2.87. The smallest absolute Gasteiger partial charge is 0.257 e. The van der Waals surface area contributed by atoms with Crippen LogP contribution >= 0.6 is 11.6 Å². The van der Waals surface area contributed by atoms with Crippen LogP contribution in [0.1, 0.15) is 13.8 Å².